The first-order valence-electron chi connectivity index (χ1n) is 8.77. The van der Waals surface area contributed by atoms with E-state index in [-0.39, 0.29) is 5.91 Å². The van der Waals surface area contributed by atoms with Crippen LogP contribution in [0, 0.1) is 0 Å². The Balaban J connectivity index is 1.58. The lowest BCUT2D eigenvalue weighted by atomic mass is 10.1. The highest BCUT2D eigenvalue weighted by Gasteiger charge is 2.25. The molecule has 0 saturated carbocycles. The van der Waals surface area contributed by atoms with Crippen molar-refractivity contribution in [3.05, 3.63) is 58.6 Å². The Hall–Kier alpha value is -2.24. The lowest BCUT2D eigenvalue weighted by molar-refractivity contribution is 0.0635. The predicted molar refractivity (Wildman–Crippen MR) is 105 cm³/mol. The molecule has 0 aliphatic carbocycles. The Morgan fingerprint density at radius 2 is 1.85 bits per heavy atom. The highest BCUT2D eigenvalue weighted by Crippen LogP contribution is 2.30. The number of amides is 1. The van der Waals surface area contributed by atoms with Crippen LogP contribution in [0.5, 0.6) is 5.75 Å². The van der Waals surface area contributed by atoms with Gasteiger partial charge < -0.3 is 15.4 Å². The number of methoxy groups -OCH3 is 1. The van der Waals surface area contributed by atoms with Crippen molar-refractivity contribution in [3.63, 3.8) is 0 Å². The molecule has 0 unspecified atom stereocenters. The normalized spacial score (nSPS) is 15.1. The van der Waals surface area contributed by atoms with Crippen LogP contribution in [-0.4, -0.2) is 55.5 Å². The summed E-state index contributed by atoms with van der Waals surface area (Å²) in [5.74, 6) is 0.398. The van der Waals surface area contributed by atoms with Crippen molar-refractivity contribution >= 4 is 23.2 Å². The van der Waals surface area contributed by atoms with Gasteiger partial charge in [-0.1, -0.05) is 41.9 Å². The number of carbonyl (C=O) groups excluding carboxylic acids is 1. The van der Waals surface area contributed by atoms with E-state index in [9.17, 15) is 4.79 Å². The third kappa shape index (κ3) is 4.29. The number of hydrogen-bond donors (Lipinski definition) is 1. The van der Waals surface area contributed by atoms with E-state index in [0.717, 1.165) is 26.1 Å². The Labute approximate surface area is 159 Å². The molecule has 0 radical (unpaired) electrons. The van der Waals surface area contributed by atoms with Crippen LogP contribution in [0.3, 0.4) is 0 Å². The van der Waals surface area contributed by atoms with Crippen LogP contribution >= 0.6 is 11.6 Å². The maximum Gasteiger partial charge on any atom is 0.257 e. The van der Waals surface area contributed by atoms with Crippen LogP contribution in [0.25, 0.3) is 0 Å². The van der Waals surface area contributed by atoms with Gasteiger partial charge in [-0.25, -0.2) is 0 Å². The fourth-order valence-corrected chi connectivity index (χ4v) is 3.35. The third-order valence-electron chi connectivity index (χ3n) is 4.77. The summed E-state index contributed by atoms with van der Waals surface area (Å²) < 4.78 is 5.31. The van der Waals surface area contributed by atoms with Crippen molar-refractivity contribution in [2.45, 2.75) is 6.42 Å². The minimum atomic E-state index is -0.0635. The summed E-state index contributed by atoms with van der Waals surface area (Å²) in [4.78, 5) is 17.1. The lowest BCUT2D eigenvalue weighted by Crippen LogP contribution is -2.49. The van der Waals surface area contributed by atoms with Crippen molar-refractivity contribution in [1.29, 1.82) is 0 Å². The zero-order valence-electron chi connectivity index (χ0n) is 15.0. The first-order chi connectivity index (χ1) is 12.6. The Morgan fingerprint density at radius 3 is 2.50 bits per heavy atom. The van der Waals surface area contributed by atoms with Crippen LogP contribution in [0.2, 0.25) is 5.02 Å². The average molecular weight is 374 g/mol. The maximum atomic E-state index is 12.9. The van der Waals surface area contributed by atoms with Crippen molar-refractivity contribution in [1.82, 2.24) is 9.80 Å². The summed E-state index contributed by atoms with van der Waals surface area (Å²) in [7, 11) is 1.53. The second kappa shape index (κ2) is 8.43. The zero-order valence-corrected chi connectivity index (χ0v) is 15.7. The van der Waals surface area contributed by atoms with Crippen LogP contribution in [0.15, 0.2) is 42.5 Å². The zero-order chi connectivity index (χ0) is 18.5. The number of carbonyl (C=O) groups is 1. The van der Waals surface area contributed by atoms with Gasteiger partial charge in [0.15, 0.2) is 0 Å². The summed E-state index contributed by atoms with van der Waals surface area (Å²) >= 11 is 6.09. The standard InChI is InChI=1S/C20H24ClN3O2/c1-26-19-14-18(22)17(21)13-16(19)20(25)24-11-9-23(10-12-24)8-7-15-5-3-2-4-6-15/h2-6,13-14H,7-12,22H2,1H3. The SMILES string of the molecule is COc1cc(N)c(Cl)cc1C(=O)N1CCN(CCc2ccccc2)CC1. The minimum absolute atomic E-state index is 0.0635. The third-order valence-corrected chi connectivity index (χ3v) is 5.10. The number of ether oxygens (including phenoxy) is 1. The molecule has 1 saturated heterocycles. The summed E-state index contributed by atoms with van der Waals surface area (Å²) in [6.45, 7) is 4.12. The van der Waals surface area contributed by atoms with E-state index in [1.54, 1.807) is 12.1 Å². The molecule has 1 heterocycles. The predicted octanol–water partition coefficient (Wildman–Crippen LogP) is 2.93. The van der Waals surface area contributed by atoms with E-state index in [2.05, 4.69) is 29.2 Å². The second-order valence-corrected chi connectivity index (χ2v) is 6.85. The summed E-state index contributed by atoms with van der Waals surface area (Å²) in [6, 6.07) is 13.7. The van der Waals surface area contributed by atoms with Gasteiger partial charge in [-0.05, 0) is 18.1 Å². The molecule has 1 fully saturated rings. The lowest BCUT2D eigenvalue weighted by Gasteiger charge is -2.35. The fraction of sp³-hybridized carbons (Fsp3) is 0.350. The number of halogens is 1. The molecule has 2 N–H and O–H groups in total. The average Bonchev–Trinajstić information content (AvgIpc) is 2.68. The molecular formula is C20H24ClN3O2. The van der Waals surface area contributed by atoms with Crippen LogP contribution < -0.4 is 10.5 Å². The Morgan fingerprint density at radius 1 is 1.15 bits per heavy atom. The van der Waals surface area contributed by atoms with Gasteiger partial charge in [-0.15, -0.1) is 0 Å². The van der Waals surface area contributed by atoms with Crippen molar-refractivity contribution in [2.75, 3.05) is 45.6 Å². The first kappa shape index (κ1) is 18.5. The number of benzene rings is 2. The smallest absolute Gasteiger partial charge is 0.257 e. The van der Waals surface area contributed by atoms with Gasteiger partial charge in [0.2, 0.25) is 0 Å². The minimum Gasteiger partial charge on any atom is -0.496 e. The number of nitrogens with two attached hydrogens (primary N) is 1. The monoisotopic (exact) mass is 373 g/mol. The Kier molecular flexibility index (Phi) is 6.01. The van der Waals surface area contributed by atoms with Gasteiger partial charge in [0.1, 0.15) is 5.75 Å². The highest BCUT2D eigenvalue weighted by molar-refractivity contribution is 6.33. The van der Waals surface area contributed by atoms with Gasteiger partial charge in [-0.2, -0.15) is 0 Å². The van der Waals surface area contributed by atoms with E-state index in [1.165, 1.54) is 12.7 Å². The molecule has 0 atom stereocenters. The van der Waals surface area contributed by atoms with E-state index >= 15 is 0 Å². The van der Waals surface area contributed by atoms with Crippen LogP contribution in [0.4, 0.5) is 5.69 Å². The molecule has 5 nitrogen and oxygen atoms in total. The van der Waals surface area contributed by atoms with Crippen molar-refractivity contribution < 1.29 is 9.53 Å². The molecule has 1 aliphatic rings. The highest BCUT2D eigenvalue weighted by atomic mass is 35.5. The van der Waals surface area contributed by atoms with E-state index < -0.39 is 0 Å². The molecule has 6 heteroatoms. The van der Waals surface area contributed by atoms with E-state index in [4.69, 9.17) is 22.1 Å². The van der Waals surface area contributed by atoms with E-state index in [0.29, 0.717) is 35.1 Å². The number of nitrogen functional groups attached to an aromatic ring is 1. The van der Waals surface area contributed by atoms with E-state index in [1.807, 2.05) is 11.0 Å². The van der Waals surface area contributed by atoms with Gasteiger partial charge in [0, 0.05) is 38.8 Å². The number of nitrogens with zero attached hydrogens (tertiary/aromatic N) is 2. The van der Waals surface area contributed by atoms with Crippen LogP contribution in [0.1, 0.15) is 15.9 Å². The molecule has 0 bridgehead atoms. The number of hydrogen-bond acceptors (Lipinski definition) is 4. The summed E-state index contributed by atoms with van der Waals surface area (Å²) in [5, 5.41) is 0.371. The fourth-order valence-electron chi connectivity index (χ4n) is 3.18. The van der Waals surface area contributed by atoms with Crippen molar-refractivity contribution in [2.24, 2.45) is 0 Å². The number of piperazine rings is 1. The molecule has 2 aromatic rings. The summed E-state index contributed by atoms with van der Waals surface area (Å²) in [5.41, 5.74) is 8.01. The number of anilines is 1. The summed E-state index contributed by atoms with van der Waals surface area (Å²) in [6.07, 6.45) is 1.02. The van der Waals surface area contributed by atoms with Gasteiger partial charge >= 0.3 is 0 Å². The molecule has 0 spiro atoms. The molecule has 1 amide bonds. The molecule has 0 aromatic heterocycles. The second-order valence-electron chi connectivity index (χ2n) is 6.44. The molecular weight excluding hydrogens is 350 g/mol. The molecule has 2 aromatic carbocycles. The molecule has 138 valence electrons. The van der Waals surface area contributed by atoms with Crippen molar-refractivity contribution in [3.8, 4) is 5.75 Å². The molecule has 1 aliphatic heterocycles. The van der Waals surface area contributed by atoms with Crippen LogP contribution in [-0.2, 0) is 6.42 Å². The number of rotatable bonds is 5. The topological polar surface area (TPSA) is 58.8 Å². The largest absolute Gasteiger partial charge is 0.496 e. The Bertz CT molecular complexity index is 759. The van der Waals surface area contributed by atoms with Gasteiger partial charge in [-0.3, -0.25) is 9.69 Å². The molecule has 3 rings (SSSR count). The van der Waals surface area contributed by atoms with Gasteiger partial charge in [0.25, 0.3) is 5.91 Å². The van der Waals surface area contributed by atoms with Gasteiger partial charge in [0.05, 0.1) is 23.4 Å². The quantitative estimate of drug-likeness (QED) is 0.819. The first-order valence-corrected chi connectivity index (χ1v) is 9.15. The maximum absolute atomic E-state index is 12.9. The molecule has 26 heavy (non-hydrogen) atoms.